The number of ether oxygens (including phenoxy) is 1. The number of thioether (sulfide) groups is 1. The van der Waals surface area contributed by atoms with Crippen molar-refractivity contribution in [1.82, 2.24) is 19.7 Å². The number of para-hydroxylation sites is 1. The highest BCUT2D eigenvalue weighted by Gasteiger charge is 2.20. The minimum Gasteiger partial charge on any atom is -0.494 e. The van der Waals surface area contributed by atoms with Gasteiger partial charge in [0.05, 0.1) is 12.4 Å². The molecule has 0 aliphatic heterocycles. The average Bonchev–Trinajstić information content (AvgIpc) is 3.49. The predicted octanol–water partition coefficient (Wildman–Crippen LogP) is 5.68. The van der Waals surface area contributed by atoms with E-state index in [1.807, 2.05) is 66.2 Å². The van der Waals surface area contributed by atoms with Gasteiger partial charge in [0.25, 0.3) is 0 Å². The molecule has 2 heterocycles. The number of rotatable bonds is 8. The fraction of sp³-hybridized carbons (Fsp3) is 0.115. The summed E-state index contributed by atoms with van der Waals surface area (Å²) in [4.78, 5) is 15.8. The SMILES string of the molecule is CCOc1ccc(-n2c(SCC(=O)Nc3ccc(F)cc3)nnc2-c2c[nH]c3ccccc23)cc1. The van der Waals surface area contributed by atoms with E-state index in [4.69, 9.17) is 4.74 Å². The number of hydrogen-bond donors (Lipinski definition) is 2. The highest BCUT2D eigenvalue weighted by Crippen LogP contribution is 2.33. The number of fused-ring (bicyclic) bond motifs is 1. The average molecular weight is 488 g/mol. The molecule has 5 aromatic rings. The van der Waals surface area contributed by atoms with E-state index >= 15 is 0 Å². The minimum atomic E-state index is -0.356. The number of aromatic amines is 1. The van der Waals surface area contributed by atoms with Gasteiger partial charge in [0.2, 0.25) is 5.91 Å². The van der Waals surface area contributed by atoms with Crippen LogP contribution in [-0.2, 0) is 4.79 Å². The molecular weight excluding hydrogens is 465 g/mol. The molecule has 0 aliphatic rings. The molecular formula is C26H22FN5O2S. The van der Waals surface area contributed by atoms with E-state index < -0.39 is 0 Å². The zero-order valence-corrected chi connectivity index (χ0v) is 19.7. The molecule has 9 heteroatoms. The largest absolute Gasteiger partial charge is 0.494 e. The lowest BCUT2D eigenvalue weighted by Gasteiger charge is -2.11. The quantitative estimate of drug-likeness (QED) is 0.275. The van der Waals surface area contributed by atoms with Crippen molar-refractivity contribution < 1.29 is 13.9 Å². The van der Waals surface area contributed by atoms with E-state index in [-0.39, 0.29) is 17.5 Å². The highest BCUT2D eigenvalue weighted by atomic mass is 32.2. The molecule has 35 heavy (non-hydrogen) atoms. The first-order chi connectivity index (χ1) is 17.1. The maximum absolute atomic E-state index is 13.1. The van der Waals surface area contributed by atoms with E-state index in [1.165, 1.54) is 36.0 Å². The molecule has 2 N–H and O–H groups in total. The Labute approximate surface area is 205 Å². The fourth-order valence-electron chi connectivity index (χ4n) is 3.75. The molecule has 1 amide bonds. The molecule has 0 saturated carbocycles. The third-order valence-electron chi connectivity index (χ3n) is 5.33. The van der Waals surface area contributed by atoms with Crippen LogP contribution in [0.15, 0.2) is 84.1 Å². The van der Waals surface area contributed by atoms with Crippen LogP contribution in [-0.4, -0.2) is 38.0 Å². The number of amides is 1. The summed E-state index contributed by atoms with van der Waals surface area (Å²) in [6, 6.07) is 21.3. The van der Waals surface area contributed by atoms with E-state index in [2.05, 4.69) is 20.5 Å². The summed E-state index contributed by atoms with van der Waals surface area (Å²) < 4.78 is 20.7. The van der Waals surface area contributed by atoms with E-state index in [9.17, 15) is 9.18 Å². The first-order valence-corrected chi connectivity index (χ1v) is 12.0. The number of aromatic nitrogens is 4. The Kier molecular flexibility index (Phi) is 6.49. The highest BCUT2D eigenvalue weighted by molar-refractivity contribution is 7.99. The molecule has 0 aliphatic carbocycles. The summed E-state index contributed by atoms with van der Waals surface area (Å²) in [5.74, 6) is 0.960. The Morgan fingerprint density at radius 2 is 1.83 bits per heavy atom. The van der Waals surface area contributed by atoms with Gasteiger partial charge in [-0.05, 0) is 61.5 Å². The van der Waals surface area contributed by atoms with Gasteiger partial charge in [-0.15, -0.1) is 10.2 Å². The molecule has 3 aromatic carbocycles. The normalized spacial score (nSPS) is 11.0. The molecule has 0 unspecified atom stereocenters. The van der Waals surface area contributed by atoms with Crippen LogP contribution >= 0.6 is 11.8 Å². The monoisotopic (exact) mass is 487 g/mol. The zero-order chi connectivity index (χ0) is 24.2. The molecule has 7 nitrogen and oxygen atoms in total. The summed E-state index contributed by atoms with van der Waals surface area (Å²) in [7, 11) is 0. The topological polar surface area (TPSA) is 84.8 Å². The Balaban J connectivity index is 1.46. The van der Waals surface area contributed by atoms with E-state index in [0.29, 0.717) is 23.3 Å². The van der Waals surface area contributed by atoms with Crippen molar-refractivity contribution in [1.29, 1.82) is 0 Å². The first-order valence-electron chi connectivity index (χ1n) is 11.1. The van der Waals surface area contributed by atoms with Crippen LogP contribution in [0, 0.1) is 5.82 Å². The lowest BCUT2D eigenvalue weighted by Crippen LogP contribution is -2.14. The van der Waals surface area contributed by atoms with Crippen molar-refractivity contribution in [3.05, 3.63) is 84.8 Å². The van der Waals surface area contributed by atoms with Crippen LogP contribution in [0.3, 0.4) is 0 Å². The summed E-state index contributed by atoms with van der Waals surface area (Å²) in [6.45, 7) is 2.52. The summed E-state index contributed by atoms with van der Waals surface area (Å²) in [5, 5.41) is 13.3. The third-order valence-corrected chi connectivity index (χ3v) is 6.26. The zero-order valence-electron chi connectivity index (χ0n) is 18.9. The van der Waals surface area contributed by atoms with Gasteiger partial charge in [0.1, 0.15) is 11.6 Å². The van der Waals surface area contributed by atoms with Crippen LogP contribution in [0.1, 0.15) is 6.92 Å². The van der Waals surface area contributed by atoms with Crippen molar-refractivity contribution in [3.63, 3.8) is 0 Å². The minimum absolute atomic E-state index is 0.112. The number of carbonyl (C=O) groups excluding carboxylic acids is 1. The Morgan fingerprint density at radius 1 is 1.06 bits per heavy atom. The van der Waals surface area contributed by atoms with Gasteiger partial charge < -0.3 is 15.0 Å². The maximum atomic E-state index is 13.1. The van der Waals surface area contributed by atoms with Crippen molar-refractivity contribution >= 4 is 34.3 Å². The second-order valence-electron chi connectivity index (χ2n) is 7.66. The third kappa shape index (κ3) is 4.90. The number of nitrogens with one attached hydrogen (secondary N) is 2. The Bertz CT molecular complexity index is 1460. The van der Waals surface area contributed by atoms with Crippen molar-refractivity contribution in [3.8, 4) is 22.8 Å². The maximum Gasteiger partial charge on any atom is 0.234 e. The van der Waals surface area contributed by atoms with Gasteiger partial charge in [-0.3, -0.25) is 9.36 Å². The number of hydrogen-bond acceptors (Lipinski definition) is 5. The molecule has 0 radical (unpaired) electrons. The number of nitrogens with zero attached hydrogens (tertiary/aromatic N) is 3. The molecule has 0 saturated heterocycles. The second kappa shape index (κ2) is 10.0. The van der Waals surface area contributed by atoms with E-state index in [0.717, 1.165) is 27.9 Å². The number of halogens is 1. The van der Waals surface area contributed by atoms with Crippen molar-refractivity contribution in [2.75, 3.05) is 17.7 Å². The number of benzene rings is 3. The van der Waals surface area contributed by atoms with Gasteiger partial charge in [-0.1, -0.05) is 30.0 Å². The van der Waals surface area contributed by atoms with Crippen LogP contribution in [0.2, 0.25) is 0 Å². The van der Waals surface area contributed by atoms with Gasteiger partial charge in [0, 0.05) is 34.0 Å². The molecule has 2 aromatic heterocycles. The smallest absolute Gasteiger partial charge is 0.234 e. The second-order valence-corrected chi connectivity index (χ2v) is 8.60. The molecule has 176 valence electrons. The van der Waals surface area contributed by atoms with Crippen LogP contribution in [0.4, 0.5) is 10.1 Å². The Hall–Kier alpha value is -4.11. The van der Waals surface area contributed by atoms with Crippen LogP contribution in [0.5, 0.6) is 5.75 Å². The number of carbonyl (C=O) groups is 1. The van der Waals surface area contributed by atoms with Crippen molar-refractivity contribution in [2.24, 2.45) is 0 Å². The number of H-pyrrole nitrogens is 1. The van der Waals surface area contributed by atoms with E-state index in [1.54, 1.807) is 0 Å². The van der Waals surface area contributed by atoms with Crippen LogP contribution in [0.25, 0.3) is 28.0 Å². The lowest BCUT2D eigenvalue weighted by molar-refractivity contribution is -0.113. The summed E-state index contributed by atoms with van der Waals surface area (Å²) in [5.41, 5.74) is 3.28. The Morgan fingerprint density at radius 3 is 2.60 bits per heavy atom. The van der Waals surface area contributed by atoms with Gasteiger partial charge >= 0.3 is 0 Å². The molecule has 5 rings (SSSR count). The molecule has 0 atom stereocenters. The van der Waals surface area contributed by atoms with Gasteiger partial charge in [-0.25, -0.2) is 4.39 Å². The first kappa shape index (κ1) is 22.7. The lowest BCUT2D eigenvalue weighted by atomic mass is 10.1. The van der Waals surface area contributed by atoms with Gasteiger partial charge in [0.15, 0.2) is 11.0 Å². The number of anilines is 1. The van der Waals surface area contributed by atoms with Gasteiger partial charge in [-0.2, -0.15) is 0 Å². The fourth-order valence-corrected chi connectivity index (χ4v) is 4.50. The van der Waals surface area contributed by atoms with Crippen LogP contribution < -0.4 is 10.1 Å². The molecule has 0 bridgehead atoms. The standard InChI is InChI=1S/C26H22FN5O2S/c1-2-34-20-13-11-19(12-14-20)32-25(22-15-28-23-6-4-3-5-21(22)23)30-31-26(32)35-16-24(33)29-18-9-7-17(27)8-10-18/h3-15,28H,2,16H2,1H3,(H,29,33). The summed E-state index contributed by atoms with van der Waals surface area (Å²) >= 11 is 1.27. The molecule has 0 fully saturated rings. The predicted molar refractivity (Wildman–Crippen MR) is 136 cm³/mol. The summed E-state index contributed by atoms with van der Waals surface area (Å²) in [6.07, 6.45) is 1.91. The van der Waals surface area contributed by atoms with Crippen molar-refractivity contribution in [2.45, 2.75) is 12.1 Å². The molecule has 0 spiro atoms.